The van der Waals surface area contributed by atoms with Gasteiger partial charge in [-0.3, -0.25) is 9.59 Å². The Kier molecular flexibility index (Phi) is 41.7. The molecule has 2 rings (SSSR count). The fourth-order valence-corrected chi connectivity index (χ4v) is 8.11. The van der Waals surface area contributed by atoms with Gasteiger partial charge in [0.1, 0.15) is 0 Å². The van der Waals surface area contributed by atoms with Crippen LogP contribution in [0.25, 0.3) is 0 Å². The zero-order chi connectivity index (χ0) is 53.0. The lowest BCUT2D eigenvalue weighted by Crippen LogP contribution is -2.52. The van der Waals surface area contributed by atoms with Gasteiger partial charge in [-0.1, -0.05) is 192 Å². The van der Waals surface area contributed by atoms with Gasteiger partial charge in [0.25, 0.3) is 0 Å². The highest BCUT2D eigenvalue weighted by molar-refractivity contribution is 7.30. The molecule has 0 N–H and O–H groups in total. The van der Waals surface area contributed by atoms with E-state index in [0.717, 1.165) is 75.1 Å². The van der Waals surface area contributed by atoms with Crippen LogP contribution in [0, 0.1) is 5.41 Å². The molecule has 0 aliphatic rings. The van der Waals surface area contributed by atoms with E-state index in [1.54, 1.807) is 24.3 Å². The number of ether oxygens (including phenoxy) is 2. The van der Waals surface area contributed by atoms with Gasteiger partial charge in [-0.05, 0) is 50.5 Å². The summed E-state index contributed by atoms with van der Waals surface area (Å²) in [6.45, 7) is 14.3. The van der Waals surface area contributed by atoms with Crippen molar-refractivity contribution in [3.63, 3.8) is 0 Å². The molecule has 18 heteroatoms. The maximum Gasteiger partial charge on any atom is 0.639 e. The van der Waals surface area contributed by atoms with E-state index in [-0.39, 0.29) is 51.2 Å². The van der Waals surface area contributed by atoms with Crippen LogP contribution in [0.5, 0.6) is 0 Å². The minimum absolute atomic E-state index is 0.0166. The summed E-state index contributed by atoms with van der Waals surface area (Å²) in [6.07, 6.45) is 25.4. The van der Waals surface area contributed by atoms with Crippen molar-refractivity contribution in [3.8, 4) is 0 Å². The van der Waals surface area contributed by atoms with Crippen LogP contribution >= 0.6 is 22.9 Å². The number of ketones is 2. The molecule has 0 fully saturated rings. The monoisotopic (exact) mass is 1060 g/mol. The number of unbranched alkanes of at least 4 members (excludes halogenated alkanes) is 18. The molecule has 0 aliphatic heterocycles. The predicted molar refractivity (Wildman–Crippen MR) is 303 cm³/mol. The average molecular weight is 1060 g/mol. The van der Waals surface area contributed by atoms with Gasteiger partial charge in [0.15, 0.2) is 11.6 Å². The summed E-state index contributed by atoms with van der Waals surface area (Å²) in [7, 11) is -2.09. The molecule has 0 spiro atoms. The number of rotatable bonds is 52. The summed E-state index contributed by atoms with van der Waals surface area (Å²) in [5, 5.41) is 0. The van der Waals surface area contributed by atoms with Gasteiger partial charge in [-0.25, -0.2) is 0 Å². The van der Waals surface area contributed by atoms with Crippen molar-refractivity contribution in [3.05, 3.63) is 59.7 Å². The number of Topliss-reactive ketones (excluding diaryl/α,β-unsaturated/α-hetero) is 2. The van der Waals surface area contributed by atoms with E-state index >= 15 is 0 Å². The number of hydrogen-bond acceptors (Lipinski definition) is 12. The van der Waals surface area contributed by atoms with Crippen molar-refractivity contribution in [2.75, 3.05) is 79.3 Å². The molecule has 1 atom stereocenters. The molecule has 0 aliphatic carbocycles. The molecule has 73 heavy (non-hydrogen) atoms. The Morgan fingerprint density at radius 3 is 1.07 bits per heavy atom. The molecular formula is C55H94B4Cl2O12. The Morgan fingerprint density at radius 2 is 0.712 bits per heavy atom. The van der Waals surface area contributed by atoms with Crippen molar-refractivity contribution < 1.29 is 56.3 Å². The fraction of sp³-hybridized carbons (Fsp3) is 0.745. The minimum Gasteiger partial charge on any atom is -0.426 e. The molecule has 2 aromatic carbocycles. The Morgan fingerprint density at radius 1 is 0.384 bits per heavy atom. The fourth-order valence-electron chi connectivity index (χ4n) is 7.99. The summed E-state index contributed by atoms with van der Waals surface area (Å²) in [6, 6.07) is 14.6. The van der Waals surface area contributed by atoms with Crippen molar-refractivity contribution in [2.24, 2.45) is 5.41 Å². The van der Waals surface area contributed by atoms with Crippen LogP contribution in [0.1, 0.15) is 204 Å². The van der Waals surface area contributed by atoms with E-state index in [1.807, 2.05) is 24.3 Å². The maximum atomic E-state index is 12.3. The molecule has 0 radical (unpaired) electrons. The molecule has 1 unspecified atom stereocenters. The topological polar surface area (TPSA) is 126 Å². The molecule has 0 saturated heterocycles. The van der Waals surface area contributed by atoms with Crippen LogP contribution in [0.2, 0.25) is 0 Å². The van der Waals surface area contributed by atoms with Gasteiger partial charge in [0.2, 0.25) is 0 Å². The van der Waals surface area contributed by atoms with Gasteiger partial charge < -0.3 is 46.7 Å². The third-order valence-electron chi connectivity index (χ3n) is 12.6. The second kappa shape index (κ2) is 45.3. The molecule has 0 heterocycles. The minimum atomic E-state index is -1.18. The molecule has 2 aromatic rings. The second-order valence-electron chi connectivity index (χ2n) is 19.4. The van der Waals surface area contributed by atoms with Crippen LogP contribution in [-0.4, -0.2) is 118 Å². The summed E-state index contributed by atoms with van der Waals surface area (Å²) in [5.74, 6) is -1.28. The van der Waals surface area contributed by atoms with E-state index < -0.39 is 32.7 Å². The first kappa shape index (κ1) is 67.3. The standard InChI is InChI=1S/C55H94B4Cl2O12/c1-7-11-15-17-19-21-23-25-27-39-66-58(67-40-28-26-24-22-20-18-16-12-8-2)72-47-55(46-71-57(60)61,48-73-59(68-43-41-64-37-13-9-3)69-44-42-65-38-14-10-4)45-70-56(53-33-29-51(30-34-53)49(5)62)54-35-31-52(32-36-54)50(6)63/h29-36H,7-28,37-48H2,1-6H3. The van der Waals surface area contributed by atoms with Crippen LogP contribution in [0.3, 0.4) is 0 Å². The number of benzene rings is 2. The SMILES string of the molecule is CCCCCCCCCCCOB(OCCCCCCCCCCC)OCC(COB(Cl)Cl)(COB(OCCOCCCC)OCCOCCCC)COB(c1ccc(C(C)=O)cc1)c1ccc(C(C)=O)cc1. The van der Waals surface area contributed by atoms with Crippen LogP contribution in [0.4, 0.5) is 0 Å². The smallest absolute Gasteiger partial charge is 0.426 e. The Bertz CT molecular complexity index is 1520. The van der Waals surface area contributed by atoms with Crippen LogP contribution < -0.4 is 10.9 Å². The van der Waals surface area contributed by atoms with E-state index in [4.69, 9.17) is 69.6 Å². The quantitative estimate of drug-likeness (QED) is 0.0356. The highest BCUT2D eigenvalue weighted by Crippen LogP contribution is 2.25. The third kappa shape index (κ3) is 33.9. The van der Waals surface area contributed by atoms with E-state index in [0.29, 0.717) is 50.8 Å². The van der Waals surface area contributed by atoms with Crippen molar-refractivity contribution in [1.82, 2.24) is 0 Å². The average Bonchev–Trinajstić information content (AvgIpc) is 3.39. The lowest BCUT2D eigenvalue weighted by atomic mass is 9.55. The van der Waals surface area contributed by atoms with Gasteiger partial charge in [-0.2, -0.15) is 0 Å². The number of halogens is 2. The summed E-state index contributed by atoms with van der Waals surface area (Å²) >= 11 is 12.7. The van der Waals surface area contributed by atoms with Crippen molar-refractivity contribution >= 4 is 72.7 Å². The summed E-state index contributed by atoms with van der Waals surface area (Å²) < 4.78 is 62.9. The van der Waals surface area contributed by atoms with E-state index in [2.05, 4.69) is 27.7 Å². The lowest BCUT2D eigenvalue weighted by molar-refractivity contribution is -0.0436. The number of carbonyl (C=O) groups excluding carboxylic acids is 2. The zero-order valence-corrected chi connectivity index (χ0v) is 47.6. The molecule has 412 valence electrons. The number of carbonyl (C=O) groups is 2. The van der Waals surface area contributed by atoms with E-state index in [9.17, 15) is 9.59 Å². The predicted octanol–water partition coefficient (Wildman–Crippen LogP) is 12.4. The third-order valence-corrected chi connectivity index (χ3v) is 12.9. The molecule has 12 nitrogen and oxygen atoms in total. The Balaban J connectivity index is 2.49. The molecule has 0 saturated carbocycles. The van der Waals surface area contributed by atoms with Gasteiger partial charge in [-0.15, -0.1) is 22.9 Å². The highest BCUT2D eigenvalue weighted by atomic mass is 35.5. The van der Waals surface area contributed by atoms with Crippen LogP contribution in [-0.2, 0) is 46.7 Å². The maximum absolute atomic E-state index is 12.3. The zero-order valence-electron chi connectivity index (χ0n) is 46.1. The lowest BCUT2D eigenvalue weighted by Gasteiger charge is -2.36. The molecular weight excluding hydrogens is 967 g/mol. The van der Waals surface area contributed by atoms with Crippen LogP contribution in [0.15, 0.2) is 48.5 Å². The van der Waals surface area contributed by atoms with Gasteiger partial charge >= 0.3 is 27.3 Å². The Labute approximate surface area is 454 Å². The highest BCUT2D eigenvalue weighted by Gasteiger charge is 2.40. The number of hydrogen-bond donors (Lipinski definition) is 0. The normalized spacial score (nSPS) is 12.3. The van der Waals surface area contributed by atoms with E-state index in [1.165, 1.54) is 90.9 Å². The Hall–Kier alpha value is -1.78. The van der Waals surface area contributed by atoms with Gasteiger partial charge in [0, 0.05) is 64.0 Å². The largest absolute Gasteiger partial charge is 0.639 e. The van der Waals surface area contributed by atoms with Crippen molar-refractivity contribution in [1.29, 1.82) is 0 Å². The molecule has 0 amide bonds. The first-order valence-electron chi connectivity index (χ1n) is 28.2. The molecule has 0 bridgehead atoms. The summed E-state index contributed by atoms with van der Waals surface area (Å²) in [4.78, 5) is 24.7. The van der Waals surface area contributed by atoms with Gasteiger partial charge in [0.05, 0.1) is 31.8 Å². The van der Waals surface area contributed by atoms with Crippen molar-refractivity contribution in [2.45, 2.75) is 183 Å². The first-order chi connectivity index (χ1) is 35.6. The second-order valence-corrected chi connectivity index (χ2v) is 20.4. The first-order valence-corrected chi connectivity index (χ1v) is 29.0. The molecule has 0 aromatic heterocycles. The summed E-state index contributed by atoms with van der Waals surface area (Å²) in [5.41, 5.74) is 1.59.